The Balaban J connectivity index is 1.81. The highest BCUT2D eigenvalue weighted by Crippen LogP contribution is 2.13. The Hall–Kier alpha value is -0.650. The van der Waals surface area contributed by atoms with Crippen LogP contribution >= 0.6 is 0 Å². The number of hydrogen-bond acceptors (Lipinski definition) is 4. The Morgan fingerprint density at radius 3 is 2.65 bits per heavy atom. The molecule has 5 heteroatoms. The second kappa shape index (κ2) is 5.80. The van der Waals surface area contributed by atoms with Crippen molar-refractivity contribution in [3.63, 3.8) is 0 Å². The first kappa shape index (κ1) is 12.8. The van der Waals surface area contributed by atoms with E-state index >= 15 is 0 Å². The van der Waals surface area contributed by atoms with Crippen molar-refractivity contribution in [3.8, 4) is 0 Å². The van der Waals surface area contributed by atoms with E-state index in [1.54, 1.807) is 0 Å². The van der Waals surface area contributed by atoms with E-state index < -0.39 is 0 Å². The first-order chi connectivity index (χ1) is 8.15. The van der Waals surface area contributed by atoms with Crippen LogP contribution in [0.1, 0.15) is 20.3 Å². The quantitative estimate of drug-likeness (QED) is 0.740. The van der Waals surface area contributed by atoms with Crippen molar-refractivity contribution in [1.29, 1.82) is 0 Å². The molecule has 2 fully saturated rings. The Morgan fingerprint density at radius 1 is 1.35 bits per heavy atom. The van der Waals surface area contributed by atoms with Gasteiger partial charge in [-0.05, 0) is 13.8 Å². The number of carbonyl (C=O) groups excluding carboxylic acids is 1. The molecule has 1 amide bonds. The smallest absolute Gasteiger partial charge is 0.225 e. The van der Waals surface area contributed by atoms with Crippen LogP contribution in [0.25, 0.3) is 0 Å². The van der Waals surface area contributed by atoms with Gasteiger partial charge in [-0.1, -0.05) is 0 Å². The normalized spacial score (nSPS) is 34.7. The molecular formula is C12H22N2O3. The number of carbonyl (C=O) groups is 1. The number of nitrogens with zero attached hydrogens (tertiary/aromatic N) is 1. The molecule has 2 heterocycles. The zero-order valence-electron chi connectivity index (χ0n) is 10.6. The molecule has 2 aliphatic rings. The van der Waals surface area contributed by atoms with Gasteiger partial charge in [0.2, 0.25) is 5.91 Å². The van der Waals surface area contributed by atoms with Crippen LogP contribution in [0, 0.1) is 0 Å². The van der Waals surface area contributed by atoms with Crippen LogP contribution in [-0.2, 0) is 14.3 Å². The third kappa shape index (κ3) is 3.66. The first-order valence-corrected chi connectivity index (χ1v) is 6.40. The maximum absolute atomic E-state index is 12.1. The molecule has 1 N–H and O–H groups in total. The van der Waals surface area contributed by atoms with Gasteiger partial charge >= 0.3 is 0 Å². The second-order valence-electron chi connectivity index (χ2n) is 4.96. The lowest BCUT2D eigenvalue weighted by Gasteiger charge is -2.36. The fourth-order valence-corrected chi connectivity index (χ4v) is 2.46. The highest BCUT2D eigenvalue weighted by atomic mass is 16.5. The topological polar surface area (TPSA) is 50.8 Å². The van der Waals surface area contributed by atoms with Gasteiger partial charge in [0.25, 0.3) is 0 Å². The summed E-state index contributed by atoms with van der Waals surface area (Å²) in [5.74, 6) is 0.181. The number of amides is 1. The molecule has 1 unspecified atom stereocenters. The SMILES string of the molecule is C[C@@H]1CN(C(=O)CC2CNCCO2)C[C@H](C)O1. The molecule has 0 aromatic rings. The standard InChI is InChI=1S/C12H22N2O3/c1-9-7-14(8-10(2)17-9)12(15)5-11-6-13-3-4-16-11/h9-11,13H,3-8H2,1-2H3/t9-,10+,11?. The van der Waals surface area contributed by atoms with Gasteiger partial charge in [0.1, 0.15) is 0 Å². The van der Waals surface area contributed by atoms with E-state index in [9.17, 15) is 4.79 Å². The Kier molecular flexibility index (Phi) is 4.36. The minimum Gasteiger partial charge on any atom is -0.375 e. The summed E-state index contributed by atoms with van der Waals surface area (Å²) in [5, 5.41) is 3.24. The lowest BCUT2D eigenvalue weighted by atomic mass is 10.1. The van der Waals surface area contributed by atoms with Crippen molar-refractivity contribution in [2.75, 3.05) is 32.8 Å². The van der Waals surface area contributed by atoms with Crippen LogP contribution in [0.5, 0.6) is 0 Å². The molecule has 0 radical (unpaired) electrons. The van der Waals surface area contributed by atoms with Gasteiger partial charge in [-0.2, -0.15) is 0 Å². The summed E-state index contributed by atoms with van der Waals surface area (Å²) in [4.78, 5) is 14.0. The summed E-state index contributed by atoms with van der Waals surface area (Å²) >= 11 is 0. The van der Waals surface area contributed by atoms with Gasteiger partial charge in [0.05, 0.1) is 31.3 Å². The summed E-state index contributed by atoms with van der Waals surface area (Å²) in [5.41, 5.74) is 0. The third-order valence-electron chi connectivity index (χ3n) is 3.18. The average Bonchev–Trinajstić information content (AvgIpc) is 2.29. The van der Waals surface area contributed by atoms with Gasteiger partial charge in [-0.15, -0.1) is 0 Å². The number of nitrogens with one attached hydrogen (secondary N) is 1. The van der Waals surface area contributed by atoms with Crippen LogP contribution < -0.4 is 5.32 Å². The summed E-state index contributed by atoms with van der Waals surface area (Å²) < 4.78 is 11.2. The van der Waals surface area contributed by atoms with Crippen molar-refractivity contribution in [2.45, 2.75) is 38.6 Å². The Labute approximate surface area is 102 Å². The van der Waals surface area contributed by atoms with Crippen LogP contribution in [0.3, 0.4) is 0 Å². The van der Waals surface area contributed by atoms with Crippen molar-refractivity contribution in [2.24, 2.45) is 0 Å². The minimum atomic E-state index is 0.0321. The van der Waals surface area contributed by atoms with Crippen LogP contribution in [-0.4, -0.2) is 61.9 Å². The van der Waals surface area contributed by atoms with Crippen molar-refractivity contribution < 1.29 is 14.3 Å². The molecule has 17 heavy (non-hydrogen) atoms. The molecular weight excluding hydrogens is 220 g/mol. The predicted molar refractivity (Wildman–Crippen MR) is 63.8 cm³/mol. The molecule has 3 atom stereocenters. The van der Waals surface area contributed by atoms with E-state index in [-0.39, 0.29) is 24.2 Å². The van der Waals surface area contributed by atoms with E-state index in [1.165, 1.54) is 0 Å². The fraction of sp³-hybridized carbons (Fsp3) is 0.917. The molecule has 0 spiro atoms. The Morgan fingerprint density at radius 2 is 2.06 bits per heavy atom. The summed E-state index contributed by atoms with van der Waals surface area (Å²) in [6.07, 6.45) is 0.776. The number of rotatable bonds is 2. The monoisotopic (exact) mass is 242 g/mol. The molecule has 98 valence electrons. The number of morpholine rings is 2. The molecule has 0 bridgehead atoms. The summed E-state index contributed by atoms with van der Waals surface area (Å²) in [6.45, 7) is 7.78. The molecule has 2 rings (SSSR count). The van der Waals surface area contributed by atoms with Gasteiger partial charge in [-0.25, -0.2) is 0 Å². The molecule has 0 aromatic heterocycles. The first-order valence-electron chi connectivity index (χ1n) is 6.40. The second-order valence-corrected chi connectivity index (χ2v) is 4.96. The lowest BCUT2D eigenvalue weighted by molar-refractivity contribution is -0.146. The third-order valence-corrected chi connectivity index (χ3v) is 3.18. The van der Waals surface area contributed by atoms with E-state index in [1.807, 2.05) is 18.7 Å². The molecule has 2 aliphatic heterocycles. The van der Waals surface area contributed by atoms with Crippen LogP contribution in [0.4, 0.5) is 0 Å². The largest absolute Gasteiger partial charge is 0.375 e. The van der Waals surface area contributed by atoms with Crippen molar-refractivity contribution in [3.05, 3.63) is 0 Å². The highest BCUT2D eigenvalue weighted by Gasteiger charge is 2.28. The van der Waals surface area contributed by atoms with Gasteiger partial charge < -0.3 is 19.7 Å². The van der Waals surface area contributed by atoms with Gasteiger partial charge in [0.15, 0.2) is 0 Å². The maximum atomic E-state index is 12.1. The lowest BCUT2D eigenvalue weighted by Crippen LogP contribution is -2.50. The fourth-order valence-electron chi connectivity index (χ4n) is 2.46. The number of ether oxygens (including phenoxy) is 2. The highest BCUT2D eigenvalue weighted by molar-refractivity contribution is 5.77. The van der Waals surface area contributed by atoms with Crippen LogP contribution in [0.2, 0.25) is 0 Å². The van der Waals surface area contributed by atoms with E-state index in [0.717, 1.165) is 13.1 Å². The van der Waals surface area contributed by atoms with E-state index in [4.69, 9.17) is 9.47 Å². The van der Waals surface area contributed by atoms with Gasteiger partial charge in [-0.3, -0.25) is 4.79 Å². The maximum Gasteiger partial charge on any atom is 0.225 e. The molecule has 0 aliphatic carbocycles. The van der Waals surface area contributed by atoms with E-state index in [2.05, 4.69) is 5.32 Å². The molecule has 2 saturated heterocycles. The summed E-state index contributed by atoms with van der Waals surface area (Å²) in [6, 6.07) is 0. The summed E-state index contributed by atoms with van der Waals surface area (Å²) in [7, 11) is 0. The zero-order valence-corrected chi connectivity index (χ0v) is 10.6. The van der Waals surface area contributed by atoms with Crippen molar-refractivity contribution in [1.82, 2.24) is 10.2 Å². The molecule has 0 aromatic carbocycles. The Bertz CT molecular complexity index is 256. The van der Waals surface area contributed by atoms with Crippen molar-refractivity contribution >= 4 is 5.91 Å². The minimum absolute atomic E-state index is 0.0321. The van der Waals surface area contributed by atoms with E-state index in [0.29, 0.717) is 26.1 Å². The number of hydrogen-bond donors (Lipinski definition) is 1. The zero-order chi connectivity index (χ0) is 12.3. The average molecular weight is 242 g/mol. The van der Waals surface area contributed by atoms with Crippen LogP contribution in [0.15, 0.2) is 0 Å². The molecule has 0 saturated carbocycles. The predicted octanol–water partition coefficient (Wildman–Crippen LogP) is 0.000700. The van der Waals surface area contributed by atoms with Gasteiger partial charge in [0, 0.05) is 26.2 Å². The molecule has 5 nitrogen and oxygen atoms in total.